The fourth-order valence-corrected chi connectivity index (χ4v) is 4.08. The Balaban J connectivity index is 1.57. The first-order valence-corrected chi connectivity index (χ1v) is 11.7. The summed E-state index contributed by atoms with van der Waals surface area (Å²) in [5.74, 6) is 0.132. The molecule has 192 valence electrons. The van der Waals surface area contributed by atoms with Crippen LogP contribution in [0, 0.1) is 13.8 Å². The van der Waals surface area contributed by atoms with Crippen LogP contribution >= 0.6 is 0 Å². The number of hydrogen-bond acceptors (Lipinski definition) is 6. The lowest BCUT2D eigenvalue weighted by molar-refractivity contribution is -0.274. The first kappa shape index (κ1) is 24.9. The Morgan fingerprint density at radius 3 is 2.37 bits per heavy atom. The van der Waals surface area contributed by atoms with Crippen molar-refractivity contribution in [1.29, 1.82) is 0 Å². The molecule has 10 heteroatoms. The smallest absolute Gasteiger partial charge is 0.406 e. The molecule has 0 N–H and O–H groups in total. The molecule has 2 aromatic heterocycles. The molecule has 0 aliphatic heterocycles. The second-order valence-corrected chi connectivity index (χ2v) is 8.66. The van der Waals surface area contributed by atoms with E-state index < -0.39 is 6.36 Å². The monoisotopic (exact) mass is 516 g/mol. The van der Waals surface area contributed by atoms with Crippen LogP contribution in [-0.2, 0) is 6.54 Å². The average Bonchev–Trinajstić information content (AvgIpc) is 3.40. The van der Waals surface area contributed by atoms with Crippen LogP contribution in [0.15, 0.2) is 91.6 Å². The van der Waals surface area contributed by atoms with Gasteiger partial charge in [0.2, 0.25) is 5.95 Å². The van der Waals surface area contributed by atoms with E-state index in [9.17, 15) is 13.2 Å². The van der Waals surface area contributed by atoms with Gasteiger partial charge in [-0.15, -0.1) is 13.2 Å². The summed E-state index contributed by atoms with van der Waals surface area (Å²) in [6.07, 6.45) is 0.113. The highest BCUT2D eigenvalue weighted by Gasteiger charge is 2.31. The number of hydrogen-bond donors (Lipinski definition) is 0. The molecule has 0 saturated heterocycles. The molecule has 0 saturated carbocycles. The van der Waals surface area contributed by atoms with Gasteiger partial charge in [0, 0.05) is 17.4 Å². The van der Waals surface area contributed by atoms with Crippen molar-refractivity contribution < 1.29 is 17.9 Å². The SMILES string of the molecule is Cc1ccc(Cn2cncn2)cc1N(c1ccccc1)c1ncc(C)c(-c2ccc(OC(F)(F)F)cc2)n1. The molecule has 2 heterocycles. The Bertz CT molecular complexity index is 1520. The molecule has 5 rings (SSSR count). The highest BCUT2D eigenvalue weighted by Crippen LogP contribution is 2.36. The predicted molar refractivity (Wildman–Crippen MR) is 137 cm³/mol. The summed E-state index contributed by atoms with van der Waals surface area (Å²) in [6.45, 7) is 4.41. The number of nitrogens with zero attached hydrogens (tertiary/aromatic N) is 6. The number of aromatic nitrogens is 5. The third-order valence-electron chi connectivity index (χ3n) is 5.86. The van der Waals surface area contributed by atoms with Gasteiger partial charge in [-0.2, -0.15) is 5.10 Å². The predicted octanol–water partition coefficient (Wildman–Crippen LogP) is 6.77. The van der Waals surface area contributed by atoms with Gasteiger partial charge in [0.25, 0.3) is 0 Å². The average molecular weight is 517 g/mol. The zero-order chi connectivity index (χ0) is 26.7. The standard InChI is InChI=1S/C28H23F3N6O/c1-19-8-9-21(16-36-18-32-17-34-36)14-25(19)37(23-6-4-3-5-7-23)27-33-15-20(2)26(35-27)22-10-12-24(13-11-22)38-28(29,30)31/h3-15,17-18H,16H2,1-2H3. The van der Waals surface area contributed by atoms with E-state index in [0.29, 0.717) is 23.8 Å². The fourth-order valence-electron chi connectivity index (χ4n) is 4.08. The molecule has 38 heavy (non-hydrogen) atoms. The number of aryl methyl sites for hydroxylation is 2. The maximum absolute atomic E-state index is 12.6. The second-order valence-electron chi connectivity index (χ2n) is 8.66. The van der Waals surface area contributed by atoms with Crippen LogP contribution in [0.2, 0.25) is 0 Å². The van der Waals surface area contributed by atoms with Gasteiger partial charge in [0.05, 0.1) is 17.9 Å². The van der Waals surface area contributed by atoms with Crippen molar-refractivity contribution in [2.24, 2.45) is 0 Å². The Hall–Kier alpha value is -4.73. The van der Waals surface area contributed by atoms with Gasteiger partial charge in [-0.25, -0.2) is 19.6 Å². The van der Waals surface area contributed by atoms with Gasteiger partial charge < -0.3 is 4.74 Å². The number of rotatable bonds is 7. The molecule has 0 amide bonds. The number of alkyl halides is 3. The van der Waals surface area contributed by atoms with Crippen molar-refractivity contribution in [2.75, 3.05) is 4.90 Å². The van der Waals surface area contributed by atoms with Crippen molar-refractivity contribution in [3.63, 3.8) is 0 Å². The van der Waals surface area contributed by atoms with Crippen LogP contribution in [0.3, 0.4) is 0 Å². The summed E-state index contributed by atoms with van der Waals surface area (Å²) in [7, 11) is 0. The van der Waals surface area contributed by atoms with Crippen LogP contribution in [0.1, 0.15) is 16.7 Å². The maximum Gasteiger partial charge on any atom is 0.573 e. The van der Waals surface area contributed by atoms with Crippen LogP contribution in [-0.4, -0.2) is 31.1 Å². The molecule has 5 aromatic rings. The maximum atomic E-state index is 12.6. The van der Waals surface area contributed by atoms with Crippen molar-refractivity contribution >= 4 is 17.3 Å². The minimum Gasteiger partial charge on any atom is -0.406 e. The van der Waals surface area contributed by atoms with E-state index in [1.165, 1.54) is 18.5 Å². The zero-order valence-electron chi connectivity index (χ0n) is 20.6. The molecule has 0 atom stereocenters. The Kier molecular flexibility index (Phi) is 6.78. The summed E-state index contributed by atoms with van der Waals surface area (Å²) in [4.78, 5) is 15.5. The largest absolute Gasteiger partial charge is 0.573 e. The fraction of sp³-hybridized carbons (Fsp3) is 0.143. The van der Waals surface area contributed by atoms with Crippen molar-refractivity contribution in [1.82, 2.24) is 24.7 Å². The van der Waals surface area contributed by atoms with E-state index in [1.807, 2.05) is 61.2 Å². The summed E-state index contributed by atoms with van der Waals surface area (Å²) >= 11 is 0. The highest BCUT2D eigenvalue weighted by atomic mass is 19.4. The lowest BCUT2D eigenvalue weighted by Gasteiger charge is -2.26. The van der Waals surface area contributed by atoms with E-state index >= 15 is 0 Å². The highest BCUT2D eigenvalue weighted by molar-refractivity contribution is 5.76. The van der Waals surface area contributed by atoms with Gasteiger partial charge >= 0.3 is 6.36 Å². The Morgan fingerprint density at radius 2 is 1.68 bits per heavy atom. The lowest BCUT2D eigenvalue weighted by Crippen LogP contribution is -2.17. The Labute approximate surface area is 217 Å². The number of para-hydroxylation sites is 1. The van der Waals surface area contributed by atoms with Crippen molar-refractivity contribution in [3.05, 3.63) is 108 Å². The van der Waals surface area contributed by atoms with Crippen LogP contribution in [0.25, 0.3) is 11.3 Å². The normalized spacial score (nSPS) is 11.4. The van der Waals surface area contributed by atoms with Crippen molar-refractivity contribution in [2.45, 2.75) is 26.8 Å². The van der Waals surface area contributed by atoms with Gasteiger partial charge in [-0.3, -0.25) is 4.90 Å². The first-order valence-electron chi connectivity index (χ1n) is 11.7. The quantitative estimate of drug-likeness (QED) is 0.238. The summed E-state index contributed by atoms with van der Waals surface area (Å²) in [5.41, 5.74) is 5.80. The molecular formula is C28H23F3N6O. The molecule has 0 aliphatic rings. The van der Waals surface area contributed by atoms with Gasteiger partial charge in [0.15, 0.2) is 0 Å². The summed E-state index contributed by atoms with van der Waals surface area (Å²) < 4.78 is 43.6. The third kappa shape index (κ3) is 5.64. The molecule has 0 bridgehead atoms. The molecule has 0 radical (unpaired) electrons. The topological polar surface area (TPSA) is 69.0 Å². The molecule has 0 unspecified atom stereocenters. The van der Waals surface area contributed by atoms with Crippen LogP contribution in [0.5, 0.6) is 5.75 Å². The second kappa shape index (κ2) is 10.3. The first-order chi connectivity index (χ1) is 18.3. The third-order valence-corrected chi connectivity index (χ3v) is 5.86. The molecule has 7 nitrogen and oxygen atoms in total. The number of ether oxygens (including phenoxy) is 1. The van der Waals surface area contributed by atoms with E-state index in [4.69, 9.17) is 4.98 Å². The van der Waals surface area contributed by atoms with E-state index in [0.717, 1.165) is 28.1 Å². The zero-order valence-corrected chi connectivity index (χ0v) is 20.6. The molecule has 3 aromatic carbocycles. The van der Waals surface area contributed by atoms with Crippen molar-refractivity contribution in [3.8, 4) is 17.0 Å². The van der Waals surface area contributed by atoms with Crippen LogP contribution < -0.4 is 9.64 Å². The van der Waals surface area contributed by atoms with E-state index in [1.54, 1.807) is 29.3 Å². The molecule has 0 aliphatic carbocycles. The number of anilines is 3. The minimum absolute atomic E-state index is 0.293. The van der Waals surface area contributed by atoms with Crippen LogP contribution in [0.4, 0.5) is 30.5 Å². The van der Waals surface area contributed by atoms with E-state index in [-0.39, 0.29) is 5.75 Å². The van der Waals surface area contributed by atoms with Gasteiger partial charge in [-0.05, 0) is 73.0 Å². The van der Waals surface area contributed by atoms with Gasteiger partial charge in [-0.1, -0.05) is 30.3 Å². The van der Waals surface area contributed by atoms with Gasteiger partial charge in [0.1, 0.15) is 18.4 Å². The molecule has 0 spiro atoms. The van der Waals surface area contributed by atoms with E-state index in [2.05, 4.69) is 25.9 Å². The summed E-state index contributed by atoms with van der Waals surface area (Å²) in [6, 6.07) is 21.5. The lowest BCUT2D eigenvalue weighted by atomic mass is 10.1. The number of halogens is 3. The number of benzene rings is 3. The molecule has 0 fully saturated rings. The molecular weight excluding hydrogens is 493 g/mol. The minimum atomic E-state index is -4.75. The summed E-state index contributed by atoms with van der Waals surface area (Å²) in [5, 5.41) is 4.20. The Morgan fingerprint density at radius 1 is 0.921 bits per heavy atom.